The fourth-order valence-electron chi connectivity index (χ4n) is 4.61. The van der Waals surface area contributed by atoms with Crippen LogP contribution in [0.2, 0.25) is 0 Å². The van der Waals surface area contributed by atoms with Crippen molar-refractivity contribution in [1.29, 1.82) is 0 Å². The number of aromatic nitrogens is 1. The molecule has 0 aliphatic carbocycles. The maximum absolute atomic E-state index is 13.6. The predicted molar refractivity (Wildman–Crippen MR) is 153 cm³/mol. The number of thiocarbonyl (C=S) groups is 1. The van der Waals surface area contributed by atoms with Gasteiger partial charge in [0.05, 0.1) is 11.7 Å². The summed E-state index contributed by atoms with van der Waals surface area (Å²) in [5, 5.41) is 6.91. The summed E-state index contributed by atoms with van der Waals surface area (Å²) in [4.78, 5) is 19.4. The summed E-state index contributed by atoms with van der Waals surface area (Å²) in [6, 6.07) is 19.3. The lowest BCUT2D eigenvalue weighted by Crippen LogP contribution is -2.32. The molecule has 2 unspecified atom stereocenters. The van der Waals surface area contributed by atoms with Crippen molar-refractivity contribution >= 4 is 44.9 Å². The average Bonchev–Trinajstić information content (AvgIpc) is 3.50. The molecule has 0 spiro atoms. The van der Waals surface area contributed by atoms with Crippen LogP contribution in [0.4, 0.5) is 10.1 Å². The Morgan fingerprint density at radius 1 is 1.16 bits per heavy atom. The van der Waals surface area contributed by atoms with E-state index in [1.54, 1.807) is 12.3 Å². The third-order valence-electron chi connectivity index (χ3n) is 6.56. The number of carbonyl (C=O) groups is 1. The minimum absolute atomic E-state index is 0.100. The number of carbonyl (C=O) groups excluding carboxylic acids is 1. The second-order valence-corrected chi connectivity index (χ2v) is 10.5. The lowest BCUT2D eigenvalue weighted by molar-refractivity contribution is -0.116. The first-order valence-electron chi connectivity index (χ1n) is 12.2. The smallest absolute Gasteiger partial charge is 0.226 e. The number of aryl methyl sites for hydroxylation is 2. The molecule has 5 rings (SSSR count). The van der Waals surface area contributed by atoms with Crippen LogP contribution in [0.3, 0.4) is 0 Å². The van der Waals surface area contributed by atoms with Crippen molar-refractivity contribution in [2.75, 3.05) is 11.9 Å². The molecule has 0 radical (unpaired) electrons. The summed E-state index contributed by atoms with van der Waals surface area (Å²) in [6.07, 6.45) is 1.97. The molecule has 4 aromatic rings. The minimum Gasteiger partial charge on any atom is -0.459 e. The topological polar surface area (TPSA) is 70.4 Å². The Balaban J connectivity index is 1.41. The van der Waals surface area contributed by atoms with Crippen molar-refractivity contribution in [2.45, 2.75) is 32.4 Å². The van der Waals surface area contributed by atoms with Gasteiger partial charge >= 0.3 is 0 Å². The van der Waals surface area contributed by atoms with Crippen LogP contribution in [-0.4, -0.2) is 27.4 Å². The highest BCUT2D eigenvalue weighted by atomic mass is 79.9. The first kappa shape index (κ1) is 26.1. The first-order chi connectivity index (χ1) is 18.3. The number of halogens is 2. The summed E-state index contributed by atoms with van der Waals surface area (Å²) in [6.45, 7) is 4.34. The molecule has 2 N–H and O–H groups in total. The van der Waals surface area contributed by atoms with E-state index in [1.807, 2.05) is 67.3 Å². The second kappa shape index (κ2) is 11.0. The third kappa shape index (κ3) is 5.49. The number of nitrogens with zero attached hydrogens (tertiary/aromatic N) is 2. The number of nitrogens with one attached hydrogen (secondary N) is 2. The molecule has 194 valence electrons. The molecule has 3 heterocycles. The normalized spacial score (nSPS) is 16.9. The van der Waals surface area contributed by atoms with Gasteiger partial charge in [0.2, 0.25) is 5.91 Å². The first-order valence-corrected chi connectivity index (χ1v) is 13.4. The number of anilines is 1. The van der Waals surface area contributed by atoms with Gasteiger partial charge in [0.1, 0.15) is 23.4 Å². The van der Waals surface area contributed by atoms with Gasteiger partial charge in [-0.25, -0.2) is 4.39 Å². The molecule has 2 aromatic heterocycles. The molecule has 2 aromatic carbocycles. The van der Waals surface area contributed by atoms with Crippen molar-refractivity contribution in [3.63, 3.8) is 0 Å². The Bertz CT molecular complexity index is 1490. The van der Waals surface area contributed by atoms with Crippen LogP contribution < -0.4 is 10.6 Å². The average molecular weight is 594 g/mol. The fraction of sp³-hybridized carbons (Fsp3) is 0.207. The van der Waals surface area contributed by atoms with E-state index in [0.717, 1.165) is 28.1 Å². The summed E-state index contributed by atoms with van der Waals surface area (Å²) >= 11 is 9.14. The highest BCUT2D eigenvalue weighted by Gasteiger charge is 2.41. The van der Waals surface area contributed by atoms with Gasteiger partial charge in [0.25, 0.3) is 0 Å². The van der Waals surface area contributed by atoms with Crippen LogP contribution in [0.15, 0.2) is 81.8 Å². The van der Waals surface area contributed by atoms with Crippen molar-refractivity contribution in [1.82, 2.24) is 15.2 Å². The van der Waals surface area contributed by atoms with Crippen LogP contribution in [-0.2, 0) is 4.79 Å². The lowest BCUT2D eigenvalue weighted by atomic mass is 10.0. The molecule has 2 atom stereocenters. The fourth-order valence-corrected chi connectivity index (χ4v) is 5.48. The number of amides is 1. The zero-order valence-electron chi connectivity index (χ0n) is 20.9. The number of pyridine rings is 1. The monoisotopic (exact) mass is 592 g/mol. The molecule has 0 saturated carbocycles. The van der Waals surface area contributed by atoms with Crippen LogP contribution in [0, 0.1) is 19.7 Å². The van der Waals surface area contributed by atoms with Gasteiger partial charge < -0.3 is 20.0 Å². The highest BCUT2D eigenvalue weighted by molar-refractivity contribution is 9.10. The van der Waals surface area contributed by atoms with Crippen molar-refractivity contribution in [3.8, 4) is 11.3 Å². The van der Waals surface area contributed by atoms with Crippen LogP contribution in [0.5, 0.6) is 0 Å². The summed E-state index contributed by atoms with van der Waals surface area (Å²) in [7, 11) is 0. The van der Waals surface area contributed by atoms with Crippen LogP contribution in [0.1, 0.15) is 41.1 Å². The molecule has 1 amide bonds. The van der Waals surface area contributed by atoms with E-state index in [4.69, 9.17) is 16.6 Å². The minimum atomic E-state index is -0.335. The van der Waals surface area contributed by atoms with E-state index in [2.05, 4.69) is 31.5 Å². The molecular weight excluding hydrogens is 567 g/mol. The van der Waals surface area contributed by atoms with Gasteiger partial charge in [0, 0.05) is 34.9 Å². The quantitative estimate of drug-likeness (QED) is 0.228. The zero-order valence-corrected chi connectivity index (χ0v) is 23.3. The van der Waals surface area contributed by atoms with E-state index >= 15 is 0 Å². The molecular formula is C29H26BrFN4O2S. The van der Waals surface area contributed by atoms with Crippen molar-refractivity contribution in [2.24, 2.45) is 0 Å². The Kier molecular flexibility index (Phi) is 7.58. The molecule has 6 nitrogen and oxygen atoms in total. The van der Waals surface area contributed by atoms with E-state index in [0.29, 0.717) is 27.7 Å². The van der Waals surface area contributed by atoms with E-state index in [1.165, 1.54) is 12.1 Å². The Morgan fingerprint density at radius 3 is 2.76 bits per heavy atom. The molecule has 1 aliphatic heterocycles. The summed E-state index contributed by atoms with van der Waals surface area (Å²) < 4.78 is 20.6. The largest absolute Gasteiger partial charge is 0.459 e. The number of hydrogen-bond donors (Lipinski definition) is 2. The predicted octanol–water partition coefficient (Wildman–Crippen LogP) is 6.86. The molecule has 9 heteroatoms. The Hall–Kier alpha value is -3.56. The molecule has 38 heavy (non-hydrogen) atoms. The standard InChI is InChI=1S/C29H26BrFN4O2S/c1-17-6-7-18(2)23(15-17)33-26(36)12-14-35-28(27(34-29(35)38)22-5-3-4-13-32-22)25-11-10-24(37-25)20-9-8-19(31)16-21(20)30/h3-11,13,15-16,27-28H,12,14H2,1-2H3,(H,33,36)(H,34,38). The maximum atomic E-state index is 13.6. The molecule has 1 fully saturated rings. The molecule has 1 aliphatic rings. The number of rotatable bonds is 7. The van der Waals surface area contributed by atoms with Gasteiger partial charge in [-0.3, -0.25) is 9.78 Å². The SMILES string of the molecule is Cc1ccc(C)c(NC(=O)CCN2C(=S)NC(c3ccccn3)C2c2ccc(-c3ccc(F)cc3Br)o2)c1. The van der Waals surface area contributed by atoms with Gasteiger partial charge in [0.15, 0.2) is 5.11 Å². The van der Waals surface area contributed by atoms with Crippen molar-refractivity contribution < 1.29 is 13.6 Å². The summed E-state index contributed by atoms with van der Waals surface area (Å²) in [5.41, 5.74) is 4.43. The second-order valence-electron chi connectivity index (χ2n) is 9.26. The number of hydrogen-bond acceptors (Lipinski definition) is 4. The number of furan rings is 1. The number of benzene rings is 2. The summed E-state index contributed by atoms with van der Waals surface area (Å²) in [5.74, 6) is 0.821. The van der Waals surface area contributed by atoms with Gasteiger partial charge in [-0.05, 0) is 102 Å². The van der Waals surface area contributed by atoms with Crippen molar-refractivity contribution in [3.05, 3.63) is 106 Å². The Morgan fingerprint density at radius 2 is 2.00 bits per heavy atom. The molecule has 1 saturated heterocycles. The van der Waals surface area contributed by atoms with Crippen LogP contribution in [0.25, 0.3) is 11.3 Å². The van der Waals surface area contributed by atoms with Gasteiger partial charge in [-0.15, -0.1) is 0 Å². The maximum Gasteiger partial charge on any atom is 0.226 e. The van der Waals surface area contributed by atoms with E-state index in [-0.39, 0.29) is 30.2 Å². The van der Waals surface area contributed by atoms with Crippen LogP contribution >= 0.6 is 28.1 Å². The van der Waals surface area contributed by atoms with E-state index in [9.17, 15) is 9.18 Å². The van der Waals surface area contributed by atoms with Gasteiger partial charge in [-0.2, -0.15) is 0 Å². The van der Waals surface area contributed by atoms with E-state index < -0.39 is 0 Å². The third-order valence-corrected chi connectivity index (χ3v) is 7.57. The highest BCUT2D eigenvalue weighted by Crippen LogP contribution is 2.41. The zero-order chi connectivity index (χ0) is 26.8. The van der Waals surface area contributed by atoms with Gasteiger partial charge in [-0.1, -0.05) is 18.2 Å². The lowest BCUT2D eigenvalue weighted by Gasteiger charge is -2.26. The molecule has 0 bridgehead atoms. The Labute approximate surface area is 234 Å².